The third-order valence-corrected chi connectivity index (χ3v) is 10.9. The molecule has 0 fully saturated rings. The van der Waals surface area contributed by atoms with E-state index in [1.54, 1.807) is 0 Å². The molecule has 0 saturated heterocycles. The van der Waals surface area contributed by atoms with Crippen molar-refractivity contribution in [2.75, 3.05) is 0 Å². The highest BCUT2D eigenvalue weighted by Gasteiger charge is 2.32. The molecule has 0 aromatic heterocycles. The van der Waals surface area contributed by atoms with Crippen molar-refractivity contribution in [1.82, 2.24) is 0 Å². The van der Waals surface area contributed by atoms with Crippen LogP contribution in [0.1, 0.15) is 84.5 Å². The van der Waals surface area contributed by atoms with E-state index in [0.29, 0.717) is 0 Å². The fourth-order valence-electron chi connectivity index (χ4n) is 4.39. The van der Waals surface area contributed by atoms with Gasteiger partial charge in [-0.15, -0.1) is 0 Å². The van der Waals surface area contributed by atoms with Gasteiger partial charge in [-0.1, -0.05) is 144 Å². The Bertz CT molecular complexity index is 620. The molecule has 0 bridgehead atoms. The van der Waals surface area contributed by atoms with Gasteiger partial charge in [0.1, 0.15) is 8.07 Å². The van der Waals surface area contributed by atoms with Gasteiger partial charge in [-0.05, 0) is 29.3 Å². The second kappa shape index (κ2) is 14.4. The van der Waals surface area contributed by atoms with Gasteiger partial charge in [-0.2, -0.15) is 0 Å². The molecule has 0 radical (unpaired) electrons. The van der Waals surface area contributed by atoms with Gasteiger partial charge in [0.2, 0.25) is 0 Å². The predicted octanol–water partition coefficient (Wildman–Crippen LogP) is 7.68. The normalized spacial score (nSPS) is 11.9. The first-order chi connectivity index (χ1) is 14.3. The Morgan fingerprint density at radius 2 is 1.03 bits per heavy atom. The van der Waals surface area contributed by atoms with Crippen molar-refractivity contribution in [2.24, 2.45) is 0 Å². The smallest absolute Gasteiger partial charge is 0.0917 e. The fraction of sp³-hybridized carbons (Fsp3) is 0.500. The third kappa shape index (κ3) is 7.97. The SMILES string of the molecule is CCCCCCCCCCCCC=C[Si](CC)(c1ccccc1)c1ccccc1. The molecule has 0 saturated carbocycles. The molecule has 0 spiro atoms. The molecule has 2 rings (SSSR count). The van der Waals surface area contributed by atoms with Crippen molar-refractivity contribution in [1.29, 1.82) is 0 Å². The molecule has 0 atom stereocenters. The van der Waals surface area contributed by atoms with Gasteiger partial charge >= 0.3 is 0 Å². The summed E-state index contributed by atoms with van der Waals surface area (Å²) in [6.07, 6.45) is 17.8. The second-order valence-electron chi connectivity index (χ2n) is 8.43. The van der Waals surface area contributed by atoms with Crippen LogP contribution in [0.4, 0.5) is 0 Å². The van der Waals surface area contributed by atoms with E-state index in [0.717, 1.165) is 0 Å². The van der Waals surface area contributed by atoms with E-state index in [-0.39, 0.29) is 0 Å². The highest BCUT2D eigenvalue weighted by Crippen LogP contribution is 2.15. The minimum Gasteiger partial charge on any atom is -0.0917 e. The molecule has 0 N–H and O–H groups in total. The van der Waals surface area contributed by atoms with Gasteiger partial charge in [0, 0.05) is 0 Å². The summed E-state index contributed by atoms with van der Waals surface area (Å²) in [7, 11) is -1.80. The predicted molar refractivity (Wildman–Crippen MR) is 134 cm³/mol. The standard InChI is InChI=1S/C28H42Si/c1-3-5-6-7-8-9-10-11-12-13-14-21-26-29(4-2,27-22-17-15-18-23-27)28-24-19-16-20-25-28/h15-26H,3-14H2,1-2H3. The molecule has 2 aromatic carbocycles. The highest BCUT2D eigenvalue weighted by molar-refractivity contribution is 7.05. The molecule has 29 heavy (non-hydrogen) atoms. The molecule has 0 aliphatic carbocycles. The average Bonchev–Trinajstić information content (AvgIpc) is 2.78. The number of hydrogen-bond acceptors (Lipinski definition) is 0. The van der Waals surface area contributed by atoms with E-state index < -0.39 is 8.07 Å². The van der Waals surface area contributed by atoms with Gasteiger partial charge in [-0.25, -0.2) is 0 Å². The zero-order valence-electron chi connectivity index (χ0n) is 18.9. The number of allylic oxidation sites excluding steroid dienone is 1. The lowest BCUT2D eigenvalue weighted by Crippen LogP contribution is -2.56. The molecule has 158 valence electrons. The first-order valence-electron chi connectivity index (χ1n) is 12.1. The van der Waals surface area contributed by atoms with Gasteiger partial charge < -0.3 is 0 Å². The van der Waals surface area contributed by atoms with E-state index in [4.69, 9.17) is 0 Å². The summed E-state index contributed by atoms with van der Waals surface area (Å²) in [5, 5.41) is 3.07. The summed E-state index contributed by atoms with van der Waals surface area (Å²) in [5.41, 5.74) is 2.62. The molecule has 0 amide bonds. The van der Waals surface area contributed by atoms with Crippen LogP contribution >= 0.6 is 0 Å². The van der Waals surface area contributed by atoms with E-state index in [1.165, 1.54) is 87.0 Å². The van der Waals surface area contributed by atoms with Gasteiger partial charge in [0.05, 0.1) is 0 Å². The number of rotatable bonds is 15. The molecule has 0 unspecified atom stereocenters. The molecule has 0 heterocycles. The van der Waals surface area contributed by atoms with Crippen LogP contribution in [0.15, 0.2) is 72.4 Å². The summed E-state index contributed by atoms with van der Waals surface area (Å²) in [6.45, 7) is 4.66. The average molecular weight is 407 g/mol. The van der Waals surface area contributed by atoms with Crippen LogP contribution in [-0.2, 0) is 0 Å². The van der Waals surface area contributed by atoms with E-state index >= 15 is 0 Å². The lowest BCUT2D eigenvalue weighted by Gasteiger charge is -2.28. The minimum absolute atomic E-state index is 1.22. The molecule has 1 heteroatoms. The Hall–Kier alpha value is -1.60. The Morgan fingerprint density at radius 1 is 0.586 bits per heavy atom. The lowest BCUT2D eigenvalue weighted by atomic mass is 10.1. The second-order valence-corrected chi connectivity index (χ2v) is 12.6. The number of benzene rings is 2. The van der Waals surface area contributed by atoms with Crippen LogP contribution in [0.5, 0.6) is 0 Å². The third-order valence-electron chi connectivity index (χ3n) is 6.26. The number of hydrogen-bond donors (Lipinski definition) is 0. The maximum absolute atomic E-state index is 2.62. The van der Waals surface area contributed by atoms with E-state index in [1.807, 2.05) is 0 Å². The van der Waals surface area contributed by atoms with Crippen LogP contribution < -0.4 is 10.4 Å². The van der Waals surface area contributed by atoms with Gasteiger partial charge in [-0.3, -0.25) is 0 Å². The Morgan fingerprint density at radius 3 is 1.48 bits per heavy atom. The maximum atomic E-state index is 2.62. The quantitative estimate of drug-likeness (QED) is 0.210. The Balaban J connectivity index is 1.82. The first-order valence-corrected chi connectivity index (χ1v) is 14.4. The van der Waals surface area contributed by atoms with Crippen LogP contribution in [0.2, 0.25) is 6.04 Å². The van der Waals surface area contributed by atoms with Crippen molar-refractivity contribution in [3.05, 3.63) is 72.4 Å². The van der Waals surface area contributed by atoms with Crippen molar-refractivity contribution >= 4 is 18.4 Å². The van der Waals surface area contributed by atoms with Crippen LogP contribution in [0, 0.1) is 0 Å². The minimum atomic E-state index is -1.80. The number of unbranched alkanes of at least 4 members (excludes halogenated alkanes) is 10. The van der Waals surface area contributed by atoms with Crippen LogP contribution in [0.25, 0.3) is 0 Å². The van der Waals surface area contributed by atoms with Crippen molar-refractivity contribution in [3.8, 4) is 0 Å². The highest BCUT2D eigenvalue weighted by atomic mass is 28.3. The van der Waals surface area contributed by atoms with Crippen molar-refractivity contribution < 1.29 is 0 Å². The Labute approximate surface area is 181 Å². The van der Waals surface area contributed by atoms with Crippen LogP contribution in [-0.4, -0.2) is 8.07 Å². The Kier molecular flexibility index (Phi) is 11.7. The molecular weight excluding hydrogens is 364 g/mol. The van der Waals surface area contributed by atoms with Crippen LogP contribution in [0.3, 0.4) is 0 Å². The fourth-order valence-corrected chi connectivity index (χ4v) is 8.30. The summed E-state index contributed by atoms with van der Waals surface area (Å²) in [6, 6.07) is 23.7. The first kappa shape index (κ1) is 23.7. The van der Waals surface area contributed by atoms with E-state index in [9.17, 15) is 0 Å². The molecular formula is C28H42Si. The van der Waals surface area contributed by atoms with Crippen molar-refractivity contribution in [2.45, 2.75) is 90.5 Å². The maximum Gasteiger partial charge on any atom is 0.140 e. The molecule has 2 aromatic rings. The topological polar surface area (TPSA) is 0 Å². The lowest BCUT2D eigenvalue weighted by molar-refractivity contribution is 0.557. The summed E-state index contributed by atoms with van der Waals surface area (Å²) in [4.78, 5) is 0. The summed E-state index contributed by atoms with van der Waals surface area (Å²) < 4.78 is 0. The summed E-state index contributed by atoms with van der Waals surface area (Å²) >= 11 is 0. The van der Waals surface area contributed by atoms with Gasteiger partial charge in [0.15, 0.2) is 0 Å². The van der Waals surface area contributed by atoms with Crippen molar-refractivity contribution in [3.63, 3.8) is 0 Å². The zero-order chi connectivity index (χ0) is 20.6. The monoisotopic (exact) mass is 406 g/mol. The largest absolute Gasteiger partial charge is 0.140 e. The zero-order valence-corrected chi connectivity index (χ0v) is 19.9. The summed E-state index contributed by atoms with van der Waals surface area (Å²) in [5.74, 6) is 0. The van der Waals surface area contributed by atoms with Gasteiger partial charge in [0.25, 0.3) is 0 Å². The molecule has 0 aliphatic rings. The van der Waals surface area contributed by atoms with E-state index in [2.05, 4.69) is 86.3 Å². The molecule has 0 nitrogen and oxygen atoms in total. The molecule has 0 aliphatic heterocycles.